The predicted octanol–water partition coefficient (Wildman–Crippen LogP) is 3.20. The Labute approximate surface area is 113 Å². The quantitative estimate of drug-likeness (QED) is 0.913. The lowest BCUT2D eigenvalue weighted by Crippen LogP contribution is -2.03. The molecule has 1 heterocycles. The van der Waals surface area contributed by atoms with E-state index in [1.807, 2.05) is 32.0 Å². The van der Waals surface area contributed by atoms with E-state index in [-0.39, 0.29) is 0 Å². The first kappa shape index (κ1) is 13.3. The third-order valence-electron chi connectivity index (χ3n) is 2.83. The van der Waals surface area contributed by atoms with Crippen molar-refractivity contribution >= 4 is 5.82 Å². The van der Waals surface area contributed by atoms with E-state index in [2.05, 4.69) is 28.3 Å². The molecule has 100 valence electrons. The molecule has 4 heteroatoms. The molecule has 0 aliphatic rings. The van der Waals surface area contributed by atoms with Crippen LogP contribution in [-0.2, 0) is 0 Å². The molecule has 0 aliphatic heterocycles. The fourth-order valence-electron chi connectivity index (χ4n) is 2.00. The molecular formula is C15H19N3O. The molecule has 0 spiro atoms. The van der Waals surface area contributed by atoms with Gasteiger partial charge in [0.15, 0.2) is 0 Å². The van der Waals surface area contributed by atoms with E-state index in [1.54, 1.807) is 7.11 Å². The zero-order chi connectivity index (χ0) is 13.8. The van der Waals surface area contributed by atoms with E-state index in [1.165, 1.54) is 5.56 Å². The number of rotatable bonds is 4. The third-order valence-corrected chi connectivity index (χ3v) is 2.83. The van der Waals surface area contributed by atoms with Crippen LogP contribution in [0.1, 0.15) is 18.3 Å². The van der Waals surface area contributed by atoms with E-state index < -0.39 is 0 Å². The van der Waals surface area contributed by atoms with Crippen LogP contribution in [0.4, 0.5) is 5.82 Å². The van der Waals surface area contributed by atoms with Crippen LogP contribution in [0.25, 0.3) is 11.3 Å². The van der Waals surface area contributed by atoms with Crippen molar-refractivity contribution in [1.29, 1.82) is 0 Å². The number of benzene rings is 1. The van der Waals surface area contributed by atoms with E-state index in [9.17, 15) is 0 Å². The van der Waals surface area contributed by atoms with Crippen LogP contribution in [-0.4, -0.2) is 23.6 Å². The standard InChI is InChI=1S/C15H19N3O/c1-5-16-15-9-13(17-11(3)18-15)12-8-10(2)6-7-14(12)19-4/h6-9H,5H2,1-4H3,(H,16,17,18). The van der Waals surface area contributed by atoms with Gasteiger partial charge in [-0.25, -0.2) is 9.97 Å². The highest BCUT2D eigenvalue weighted by molar-refractivity contribution is 5.70. The minimum absolute atomic E-state index is 0.747. The number of hydrogen-bond donors (Lipinski definition) is 1. The van der Waals surface area contributed by atoms with Crippen molar-refractivity contribution in [2.75, 3.05) is 19.0 Å². The lowest BCUT2D eigenvalue weighted by Gasteiger charge is -2.11. The van der Waals surface area contributed by atoms with Crippen LogP contribution in [0.3, 0.4) is 0 Å². The summed E-state index contributed by atoms with van der Waals surface area (Å²) in [5.41, 5.74) is 3.05. The third kappa shape index (κ3) is 3.02. The van der Waals surface area contributed by atoms with Gasteiger partial charge in [-0.1, -0.05) is 11.6 Å². The van der Waals surface area contributed by atoms with Crippen molar-refractivity contribution in [3.63, 3.8) is 0 Å². The summed E-state index contributed by atoms with van der Waals surface area (Å²) in [5.74, 6) is 2.41. The molecule has 1 aromatic carbocycles. The van der Waals surface area contributed by atoms with Crippen molar-refractivity contribution in [1.82, 2.24) is 9.97 Å². The van der Waals surface area contributed by atoms with E-state index in [0.29, 0.717) is 0 Å². The molecule has 0 saturated carbocycles. The van der Waals surface area contributed by atoms with Crippen LogP contribution < -0.4 is 10.1 Å². The van der Waals surface area contributed by atoms with Gasteiger partial charge in [0.2, 0.25) is 0 Å². The topological polar surface area (TPSA) is 47.0 Å². The number of ether oxygens (including phenoxy) is 1. The molecule has 0 bridgehead atoms. The molecule has 0 fully saturated rings. The number of methoxy groups -OCH3 is 1. The number of nitrogens with one attached hydrogen (secondary N) is 1. The van der Waals surface area contributed by atoms with Crippen molar-refractivity contribution in [2.24, 2.45) is 0 Å². The second kappa shape index (κ2) is 5.69. The Hall–Kier alpha value is -2.10. The van der Waals surface area contributed by atoms with E-state index in [4.69, 9.17) is 4.74 Å². The lowest BCUT2D eigenvalue weighted by molar-refractivity contribution is 0.416. The highest BCUT2D eigenvalue weighted by Gasteiger charge is 2.10. The Balaban J connectivity index is 2.54. The first-order chi connectivity index (χ1) is 9.13. The van der Waals surface area contributed by atoms with Gasteiger partial charge in [-0.2, -0.15) is 0 Å². The molecule has 1 aromatic heterocycles. The highest BCUT2D eigenvalue weighted by Crippen LogP contribution is 2.30. The Morgan fingerprint density at radius 1 is 1.16 bits per heavy atom. The molecule has 0 amide bonds. The van der Waals surface area contributed by atoms with Gasteiger partial charge in [0.05, 0.1) is 12.8 Å². The van der Waals surface area contributed by atoms with Crippen molar-refractivity contribution in [2.45, 2.75) is 20.8 Å². The Morgan fingerprint density at radius 3 is 2.63 bits per heavy atom. The maximum Gasteiger partial charge on any atom is 0.130 e. The second-order valence-electron chi connectivity index (χ2n) is 4.42. The lowest BCUT2D eigenvalue weighted by atomic mass is 10.1. The maximum atomic E-state index is 5.41. The van der Waals surface area contributed by atoms with Crippen LogP contribution >= 0.6 is 0 Å². The minimum Gasteiger partial charge on any atom is -0.496 e. The van der Waals surface area contributed by atoms with E-state index in [0.717, 1.165) is 35.2 Å². The van der Waals surface area contributed by atoms with Crippen LogP contribution in [0.5, 0.6) is 5.75 Å². The molecule has 4 nitrogen and oxygen atoms in total. The van der Waals surface area contributed by atoms with Gasteiger partial charge in [0.25, 0.3) is 0 Å². The van der Waals surface area contributed by atoms with Crippen molar-refractivity contribution in [3.8, 4) is 17.0 Å². The van der Waals surface area contributed by atoms with Crippen molar-refractivity contribution in [3.05, 3.63) is 35.7 Å². The van der Waals surface area contributed by atoms with Crippen LogP contribution in [0.15, 0.2) is 24.3 Å². The minimum atomic E-state index is 0.747. The second-order valence-corrected chi connectivity index (χ2v) is 4.42. The summed E-state index contributed by atoms with van der Waals surface area (Å²) in [7, 11) is 1.67. The summed E-state index contributed by atoms with van der Waals surface area (Å²) in [6.07, 6.45) is 0. The maximum absolute atomic E-state index is 5.41. The Kier molecular flexibility index (Phi) is 4.00. The SMILES string of the molecule is CCNc1cc(-c2cc(C)ccc2OC)nc(C)n1. The summed E-state index contributed by atoms with van der Waals surface area (Å²) < 4.78 is 5.41. The van der Waals surface area contributed by atoms with Gasteiger partial charge in [-0.15, -0.1) is 0 Å². The van der Waals surface area contributed by atoms with Crippen LogP contribution in [0, 0.1) is 13.8 Å². The first-order valence-electron chi connectivity index (χ1n) is 6.38. The summed E-state index contributed by atoms with van der Waals surface area (Å²) in [5, 5.41) is 3.22. The van der Waals surface area contributed by atoms with Gasteiger partial charge in [0, 0.05) is 18.2 Å². The van der Waals surface area contributed by atoms with Crippen molar-refractivity contribution < 1.29 is 4.74 Å². The first-order valence-corrected chi connectivity index (χ1v) is 6.38. The zero-order valence-corrected chi connectivity index (χ0v) is 11.8. The van der Waals surface area contributed by atoms with Gasteiger partial charge >= 0.3 is 0 Å². The number of aryl methyl sites for hydroxylation is 2. The Morgan fingerprint density at radius 2 is 1.95 bits per heavy atom. The monoisotopic (exact) mass is 257 g/mol. The van der Waals surface area contributed by atoms with E-state index >= 15 is 0 Å². The summed E-state index contributed by atoms with van der Waals surface area (Å²) in [4.78, 5) is 8.87. The molecule has 0 unspecified atom stereocenters. The molecule has 19 heavy (non-hydrogen) atoms. The average Bonchev–Trinajstić information content (AvgIpc) is 2.38. The molecule has 1 N–H and O–H groups in total. The predicted molar refractivity (Wildman–Crippen MR) is 77.7 cm³/mol. The molecular weight excluding hydrogens is 238 g/mol. The van der Waals surface area contributed by atoms with Gasteiger partial charge in [-0.05, 0) is 32.9 Å². The molecule has 0 saturated heterocycles. The fourth-order valence-corrected chi connectivity index (χ4v) is 2.00. The highest BCUT2D eigenvalue weighted by atomic mass is 16.5. The molecule has 0 radical (unpaired) electrons. The number of nitrogens with zero attached hydrogens (tertiary/aromatic N) is 2. The Bertz CT molecular complexity index is 582. The van der Waals surface area contributed by atoms with Gasteiger partial charge in [0.1, 0.15) is 17.4 Å². The fraction of sp³-hybridized carbons (Fsp3) is 0.333. The molecule has 2 rings (SSSR count). The number of anilines is 1. The summed E-state index contributed by atoms with van der Waals surface area (Å²) in [6.45, 7) is 6.83. The number of hydrogen-bond acceptors (Lipinski definition) is 4. The number of aromatic nitrogens is 2. The normalized spacial score (nSPS) is 10.3. The van der Waals surface area contributed by atoms with Crippen LogP contribution in [0.2, 0.25) is 0 Å². The smallest absolute Gasteiger partial charge is 0.130 e. The van der Waals surface area contributed by atoms with Gasteiger partial charge in [-0.3, -0.25) is 0 Å². The molecule has 0 atom stereocenters. The zero-order valence-electron chi connectivity index (χ0n) is 11.8. The summed E-state index contributed by atoms with van der Waals surface area (Å²) in [6, 6.07) is 8.03. The average molecular weight is 257 g/mol. The largest absolute Gasteiger partial charge is 0.496 e. The molecule has 2 aromatic rings. The van der Waals surface area contributed by atoms with Gasteiger partial charge < -0.3 is 10.1 Å². The summed E-state index contributed by atoms with van der Waals surface area (Å²) >= 11 is 0. The molecule has 0 aliphatic carbocycles.